The minimum atomic E-state index is -1.26. The lowest BCUT2D eigenvalue weighted by Crippen LogP contribution is -2.58. The molecule has 3 rings (SSSR count). The molecule has 0 atom stereocenters. The van der Waals surface area contributed by atoms with Gasteiger partial charge in [0.25, 0.3) is 0 Å². The average molecular weight is 311 g/mol. The Morgan fingerprint density at radius 1 is 0.955 bits per heavy atom. The lowest BCUT2D eigenvalue weighted by molar-refractivity contribution is 0.303. The highest BCUT2D eigenvalue weighted by Crippen LogP contribution is 2.40. The van der Waals surface area contributed by atoms with Crippen LogP contribution in [-0.2, 0) is 0 Å². The fourth-order valence-corrected chi connectivity index (χ4v) is 3.15. The molecule has 1 heterocycles. The second kappa shape index (κ2) is 5.19. The molecule has 4 N–H and O–H groups in total. The number of halogens is 3. The molecule has 0 amide bonds. The van der Waals surface area contributed by atoms with Gasteiger partial charge < -0.3 is 11.5 Å². The van der Waals surface area contributed by atoms with E-state index >= 15 is 0 Å². The summed E-state index contributed by atoms with van der Waals surface area (Å²) in [4.78, 5) is 9.53. The summed E-state index contributed by atoms with van der Waals surface area (Å²) in [6.07, 6.45) is 3.89. The third kappa shape index (κ3) is 2.28. The highest BCUT2D eigenvalue weighted by Gasteiger charge is 2.43. The highest BCUT2D eigenvalue weighted by atomic mass is 19.2. The van der Waals surface area contributed by atoms with Crippen LogP contribution in [0.2, 0.25) is 0 Å². The predicted molar refractivity (Wildman–Crippen MR) is 77.9 cm³/mol. The van der Waals surface area contributed by atoms with E-state index < -0.39 is 23.1 Å². The van der Waals surface area contributed by atoms with Gasteiger partial charge in [0, 0.05) is 12.1 Å². The summed E-state index contributed by atoms with van der Waals surface area (Å²) < 4.78 is 40.9. The molecule has 5 nitrogen and oxygen atoms in total. The van der Waals surface area contributed by atoms with Gasteiger partial charge in [-0.3, -0.25) is 4.90 Å². The van der Waals surface area contributed by atoms with Crippen LogP contribution in [0.1, 0.15) is 32.1 Å². The van der Waals surface area contributed by atoms with E-state index in [-0.39, 0.29) is 17.6 Å². The van der Waals surface area contributed by atoms with Gasteiger partial charge in [0.1, 0.15) is 11.5 Å². The van der Waals surface area contributed by atoms with Crippen molar-refractivity contribution in [3.8, 4) is 0 Å². The summed E-state index contributed by atoms with van der Waals surface area (Å²) in [5, 5.41) is 0. The van der Waals surface area contributed by atoms with Crippen LogP contribution in [-0.4, -0.2) is 17.6 Å². The molecule has 2 aliphatic rings. The fraction of sp³-hybridized carbons (Fsp3) is 0.429. The van der Waals surface area contributed by atoms with Crippen molar-refractivity contribution in [2.24, 2.45) is 21.5 Å². The molecular weight excluding hydrogens is 295 g/mol. The summed E-state index contributed by atoms with van der Waals surface area (Å²) in [6, 6.07) is 1.27. The Kier molecular flexibility index (Phi) is 3.46. The molecule has 0 aromatic heterocycles. The molecular formula is C14H16F3N5. The van der Waals surface area contributed by atoms with E-state index in [1.54, 1.807) is 0 Å². The fourth-order valence-electron chi connectivity index (χ4n) is 3.15. The number of benzene rings is 1. The molecule has 1 aromatic rings. The van der Waals surface area contributed by atoms with Crippen LogP contribution in [0, 0.1) is 17.5 Å². The Morgan fingerprint density at radius 2 is 1.59 bits per heavy atom. The first-order chi connectivity index (χ1) is 10.4. The summed E-state index contributed by atoms with van der Waals surface area (Å²) in [6.45, 7) is 0. The van der Waals surface area contributed by atoms with Crippen molar-refractivity contribution in [3.63, 3.8) is 0 Å². The molecule has 0 bridgehead atoms. The van der Waals surface area contributed by atoms with Crippen molar-refractivity contribution < 1.29 is 13.2 Å². The van der Waals surface area contributed by atoms with Gasteiger partial charge >= 0.3 is 0 Å². The van der Waals surface area contributed by atoms with Crippen molar-refractivity contribution in [2.75, 3.05) is 4.90 Å². The van der Waals surface area contributed by atoms with Crippen LogP contribution in [0.15, 0.2) is 22.1 Å². The molecule has 1 saturated carbocycles. The minimum absolute atomic E-state index is 0.0126. The average Bonchev–Trinajstić information content (AvgIpc) is 2.44. The summed E-state index contributed by atoms with van der Waals surface area (Å²) >= 11 is 0. The first kappa shape index (κ1) is 14.7. The highest BCUT2D eigenvalue weighted by molar-refractivity contribution is 6.05. The number of anilines is 1. The Morgan fingerprint density at radius 3 is 2.27 bits per heavy atom. The second-order valence-corrected chi connectivity index (χ2v) is 5.54. The van der Waals surface area contributed by atoms with E-state index in [4.69, 9.17) is 11.5 Å². The van der Waals surface area contributed by atoms with Crippen LogP contribution < -0.4 is 16.4 Å². The zero-order valence-corrected chi connectivity index (χ0v) is 11.8. The minimum Gasteiger partial charge on any atom is -0.369 e. The molecule has 0 unspecified atom stereocenters. The first-order valence-electron chi connectivity index (χ1n) is 7.07. The van der Waals surface area contributed by atoms with Gasteiger partial charge in [0.05, 0.1) is 5.69 Å². The number of rotatable bonds is 1. The van der Waals surface area contributed by atoms with E-state index in [0.29, 0.717) is 18.9 Å². The Bertz CT molecular complexity index is 665. The van der Waals surface area contributed by atoms with Gasteiger partial charge in [-0.1, -0.05) is 6.42 Å². The van der Waals surface area contributed by atoms with Crippen LogP contribution in [0.25, 0.3) is 0 Å². The Hall–Kier alpha value is -2.25. The third-order valence-electron chi connectivity index (χ3n) is 4.08. The molecule has 1 spiro atoms. The van der Waals surface area contributed by atoms with Crippen molar-refractivity contribution in [2.45, 2.75) is 37.8 Å². The van der Waals surface area contributed by atoms with Crippen molar-refractivity contribution in [1.82, 2.24) is 0 Å². The SMILES string of the molecule is NC1=NC2(CCCCC2)N(c2cc(F)c(F)cc2F)C(N)=N1. The van der Waals surface area contributed by atoms with Crippen LogP contribution in [0.4, 0.5) is 18.9 Å². The molecule has 1 fully saturated rings. The number of hydrogen-bond donors (Lipinski definition) is 2. The molecule has 1 aliphatic carbocycles. The Balaban J connectivity index is 2.14. The zero-order valence-electron chi connectivity index (χ0n) is 11.8. The largest absolute Gasteiger partial charge is 0.369 e. The van der Waals surface area contributed by atoms with Gasteiger partial charge in [0.2, 0.25) is 11.9 Å². The van der Waals surface area contributed by atoms with E-state index in [1.807, 2.05) is 0 Å². The number of aliphatic imine (C=N–C) groups is 2. The molecule has 1 aromatic carbocycles. The van der Waals surface area contributed by atoms with Crippen molar-refractivity contribution in [1.29, 1.82) is 0 Å². The van der Waals surface area contributed by atoms with E-state index in [9.17, 15) is 13.2 Å². The number of nitrogens with zero attached hydrogens (tertiary/aromatic N) is 3. The summed E-state index contributed by atoms with van der Waals surface area (Å²) in [7, 11) is 0. The van der Waals surface area contributed by atoms with Gasteiger partial charge in [0.15, 0.2) is 11.6 Å². The number of hydrogen-bond acceptors (Lipinski definition) is 5. The van der Waals surface area contributed by atoms with Crippen LogP contribution in [0.5, 0.6) is 0 Å². The van der Waals surface area contributed by atoms with Crippen molar-refractivity contribution in [3.05, 3.63) is 29.6 Å². The van der Waals surface area contributed by atoms with E-state index in [1.165, 1.54) is 4.90 Å². The molecule has 118 valence electrons. The van der Waals surface area contributed by atoms with E-state index in [2.05, 4.69) is 9.98 Å². The standard InChI is InChI=1S/C14H16F3N5/c15-8-6-10(17)11(7-9(8)16)22-13(19)20-12(18)21-14(22)4-2-1-3-5-14/h6-7H,1-5H2,(H4,18,19,20,21). The Labute approximate surface area is 125 Å². The van der Waals surface area contributed by atoms with Gasteiger partial charge in [-0.05, 0) is 25.7 Å². The van der Waals surface area contributed by atoms with Gasteiger partial charge in [-0.25, -0.2) is 18.2 Å². The maximum Gasteiger partial charge on any atom is 0.220 e. The summed E-state index contributed by atoms with van der Waals surface area (Å²) in [5.41, 5.74) is 10.5. The normalized spacial score (nSPS) is 20.8. The van der Waals surface area contributed by atoms with Gasteiger partial charge in [-0.2, -0.15) is 4.99 Å². The van der Waals surface area contributed by atoms with Gasteiger partial charge in [-0.15, -0.1) is 0 Å². The third-order valence-corrected chi connectivity index (χ3v) is 4.08. The van der Waals surface area contributed by atoms with Crippen molar-refractivity contribution >= 4 is 17.6 Å². The first-order valence-corrected chi connectivity index (χ1v) is 7.07. The monoisotopic (exact) mass is 311 g/mol. The zero-order chi connectivity index (χ0) is 15.9. The van der Waals surface area contributed by atoms with E-state index in [0.717, 1.165) is 25.3 Å². The lowest BCUT2D eigenvalue weighted by atomic mass is 9.87. The smallest absolute Gasteiger partial charge is 0.220 e. The predicted octanol–water partition coefficient (Wildman–Crippen LogP) is 2.21. The lowest BCUT2D eigenvalue weighted by Gasteiger charge is -2.45. The number of guanidine groups is 2. The summed E-state index contributed by atoms with van der Waals surface area (Å²) in [5.74, 6) is -3.39. The molecule has 8 heteroatoms. The maximum absolute atomic E-state index is 14.2. The quantitative estimate of drug-likeness (QED) is 0.780. The van der Waals surface area contributed by atoms with Crippen LogP contribution >= 0.6 is 0 Å². The maximum atomic E-state index is 14.2. The number of nitrogens with two attached hydrogens (primary N) is 2. The molecule has 22 heavy (non-hydrogen) atoms. The molecule has 0 radical (unpaired) electrons. The van der Waals surface area contributed by atoms with Crippen LogP contribution in [0.3, 0.4) is 0 Å². The molecule has 0 saturated heterocycles. The molecule has 1 aliphatic heterocycles. The second-order valence-electron chi connectivity index (χ2n) is 5.54. The topological polar surface area (TPSA) is 80.0 Å².